The monoisotopic (exact) mass is 434 g/mol. The smallest absolute Gasteiger partial charge is 0.240 e. The van der Waals surface area contributed by atoms with E-state index in [9.17, 15) is 9.59 Å². The van der Waals surface area contributed by atoms with Gasteiger partial charge in [0.25, 0.3) is 0 Å². The molecule has 1 aliphatic rings. The lowest BCUT2D eigenvalue weighted by molar-refractivity contribution is -0.121. The number of carbonyl (C=O) groups is 1. The molecule has 2 heterocycles. The number of amides is 1. The van der Waals surface area contributed by atoms with Crippen LogP contribution in [0.2, 0.25) is 5.02 Å². The highest BCUT2D eigenvalue weighted by molar-refractivity contribution is 6.32. The van der Waals surface area contributed by atoms with E-state index in [0.29, 0.717) is 47.1 Å². The lowest BCUT2D eigenvalue weighted by Crippen LogP contribution is -2.28. The molecule has 6 nitrogen and oxygen atoms in total. The minimum Gasteiger partial charge on any atom is -0.486 e. The van der Waals surface area contributed by atoms with E-state index in [1.807, 2.05) is 47.0 Å². The minimum atomic E-state index is -0.176. The number of para-hydroxylation sites is 2. The molecular weight excluding hydrogens is 416 g/mol. The molecule has 0 aliphatic carbocycles. The van der Waals surface area contributed by atoms with Crippen LogP contribution in [0.5, 0.6) is 11.5 Å². The van der Waals surface area contributed by atoms with E-state index in [0.717, 1.165) is 16.6 Å². The summed E-state index contributed by atoms with van der Waals surface area (Å²) in [7, 11) is 0. The van der Waals surface area contributed by atoms with Crippen molar-refractivity contribution in [1.29, 1.82) is 0 Å². The highest BCUT2D eigenvalue weighted by Gasteiger charge is 2.17. The summed E-state index contributed by atoms with van der Waals surface area (Å²) in [6, 6.07) is 18.3. The molecule has 31 heavy (non-hydrogen) atoms. The molecule has 7 heteroatoms. The third-order valence-corrected chi connectivity index (χ3v) is 5.61. The van der Waals surface area contributed by atoms with E-state index < -0.39 is 0 Å². The number of nitrogens with zero attached hydrogens (tertiary/aromatic N) is 1. The zero-order valence-electron chi connectivity index (χ0n) is 16.6. The number of carbonyl (C=O) groups excluding carboxylic acids is 1. The van der Waals surface area contributed by atoms with Gasteiger partial charge in [0.15, 0.2) is 16.9 Å². The van der Waals surface area contributed by atoms with Gasteiger partial charge in [0.2, 0.25) is 5.91 Å². The molecule has 4 aromatic rings. The molecule has 0 saturated heterocycles. The molecule has 0 atom stereocenters. The van der Waals surface area contributed by atoms with Crippen LogP contribution in [0.15, 0.2) is 65.5 Å². The standard InChI is InChI=1S/C24H19ClN2O4/c25-18-11-15(12-21-24(18)31-10-9-30-21)13-26-22(28)14-27-19-7-3-1-5-16(19)23(29)17-6-2-4-8-20(17)27/h1-8,11-12H,9-10,13-14H2,(H,26,28). The topological polar surface area (TPSA) is 69.6 Å². The maximum absolute atomic E-state index is 12.8. The van der Waals surface area contributed by atoms with Crippen LogP contribution in [0.25, 0.3) is 21.8 Å². The number of nitrogens with one attached hydrogen (secondary N) is 1. The fourth-order valence-electron chi connectivity index (χ4n) is 3.91. The number of hydrogen-bond donors (Lipinski definition) is 1. The van der Waals surface area contributed by atoms with Crippen molar-refractivity contribution in [3.63, 3.8) is 0 Å². The maximum atomic E-state index is 12.8. The normalized spacial score (nSPS) is 12.8. The van der Waals surface area contributed by atoms with Gasteiger partial charge in [-0.1, -0.05) is 35.9 Å². The highest BCUT2D eigenvalue weighted by atomic mass is 35.5. The second-order valence-corrected chi connectivity index (χ2v) is 7.74. The molecule has 0 saturated carbocycles. The zero-order chi connectivity index (χ0) is 21.4. The second kappa shape index (κ2) is 7.96. The van der Waals surface area contributed by atoms with Crippen molar-refractivity contribution >= 4 is 39.3 Å². The Hall–Kier alpha value is -3.51. The molecule has 1 N–H and O–H groups in total. The van der Waals surface area contributed by atoms with Gasteiger partial charge < -0.3 is 19.4 Å². The van der Waals surface area contributed by atoms with Crippen molar-refractivity contribution in [3.8, 4) is 11.5 Å². The SMILES string of the molecule is O=C(Cn1c2ccccc2c(=O)c2ccccc21)NCc1cc(Cl)c2c(c1)OCCO2. The van der Waals surface area contributed by atoms with Gasteiger partial charge in [0, 0.05) is 17.3 Å². The van der Waals surface area contributed by atoms with Gasteiger partial charge in [-0.3, -0.25) is 9.59 Å². The second-order valence-electron chi connectivity index (χ2n) is 7.33. The summed E-state index contributed by atoms with van der Waals surface area (Å²) in [5.74, 6) is 0.944. The predicted molar refractivity (Wildman–Crippen MR) is 120 cm³/mol. The summed E-state index contributed by atoms with van der Waals surface area (Å²) in [4.78, 5) is 25.7. The number of benzene rings is 3. The van der Waals surface area contributed by atoms with Crippen LogP contribution in [0.3, 0.4) is 0 Å². The van der Waals surface area contributed by atoms with E-state index in [4.69, 9.17) is 21.1 Å². The Morgan fingerprint density at radius 2 is 1.61 bits per heavy atom. The fourth-order valence-corrected chi connectivity index (χ4v) is 4.20. The summed E-state index contributed by atoms with van der Waals surface area (Å²) < 4.78 is 13.0. The Labute approximate surface area is 183 Å². The Bertz CT molecular complexity index is 1320. The van der Waals surface area contributed by atoms with Crippen LogP contribution in [0.4, 0.5) is 0 Å². The first-order valence-electron chi connectivity index (χ1n) is 9.97. The summed E-state index contributed by atoms with van der Waals surface area (Å²) in [5, 5.41) is 4.57. The van der Waals surface area contributed by atoms with Crippen molar-refractivity contribution in [2.45, 2.75) is 13.1 Å². The molecule has 0 fully saturated rings. The molecule has 1 amide bonds. The molecule has 156 valence electrons. The van der Waals surface area contributed by atoms with Gasteiger partial charge in [-0.2, -0.15) is 0 Å². The van der Waals surface area contributed by atoms with Gasteiger partial charge in [-0.05, 0) is 42.0 Å². The summed E-state index contributed by atoms with van der Waals surface area (Å²) >= 11 is 6.29. The third-order valence-electron chi connectivity index (χ3n) is 5.33. The van der Waals surface area contributed by atoms with E-state index >= 15 is 0 Å². The Kier molecular flexibility index (Phi) is 5.00. The molecule has 5 rings (SSSR count). The lowest BCUT2D eigenvalue weighted by Gasteiger charge is -2.20. The van der Waals surface area contributed by atoms with Crippen LogP contribution in [0, 0.1) is 0 Å². The molecule has 0 unspecified atom stereocenters. The highest BCUT2D eigenvalue weighted by Crippen LogP contribution is 2.38. The molecule has 0 radical (unpaired) electrons. The van der Waals surface area contributed by atoms with Gasteiger partial charge in [-0.15, -0.1) is 0 Å². The zero-order valence-corrected chi connectivity index (χ0v) is 17.3. The number of aromatic nitrogens is 1. The largest absolute Gasteiger partial charge is 0.486 e. The van der Waals surface area contributed by atoms with Crippen molar-refractivity contribution < 1.29 is 14.3 Å². The first-order chi connectivity index (χ1) is 15.1. The number of pyridine rings is 1. The molecule has 0 spiro atoms. The van der Waals surface area contributed by atoms with E-state index in [1.54, 1.807) is 18.2 Å². The molecule has 0 bridgehead atoms. The van der Waals surface area contributed by atoms with Crippen molar-refractivity contribution in [2.75, 3.05) is 13.2 Å². The average Bonchev–Trinajstić information content (AvgIpc) is 2.80. The van der Waals surface area contributed by atoms with Crippen LogP contribution < -0.4 is 20.2 Å². The van der Waals surface area contributed by atoms with E-state index in [1.165, 1.54) is 0 Å². The Morgan fingerprint density at radius 1 is 0.968 bits per heavy atom. The van der Waals surface area contributed by atoms with Gasteiger partial charge >= 0.3 is 0 Å². The quantitative estimate of drug-likeness (QED) is 0.495. The third kappa shape index (κ3) is 3.59. The van der Waals surface area contributed by atoms with Crippen LogP contribution in [-0.2, 0) is 17.9 Å². The molecule has 1 aliphatic heterocycles. The van der Waals surface area contributed by atoms with Gasteiger partial charge in [0.1, 0.15) is 19.8 Å². The van der Waals surface area contributed by atoms with Crippen LogP contribution in [0.1, 0.15) is 5.56 Å². The molecular formula is C24H19ClN2O4. The van der Waals surface area contributed by atoms with Crippen molar-refractivity contribution in [1.82, 2.24) is 9.88 Å². The van der Waals surface area contributed by atoms with Crippen LogP contribution >= 0.6 is 11.6 Å². The number of halogens is 1. The lowest BCUT2D eigenvalue weighted by atomic mass is 10.1. The van der Waals surface area contributed by atoms with Crippen molar-refractivity contribution in [3.05, 3.63) is 81.5 Å². The number of rotatable bonds is 4. The Balaban J connectivity index is 1.43. The average molecular weight is 435 g/mol. The fraction of sp³-hybridized carbons (Fsp3) is 0.167. The number of hydrogen-bond acceptors (Lipinski definition) is 4. The van der Waals surface area contributed by atoms with E-state index in [-0.39, 0.29) is 17.9 Å². The number of ether oxygens (including phenoxy) is 2. The minimum absolute atomic E-state index is 0.0335. The van der Waals surface area contributed by atoms with Gasteiger partial charge in [0.05, 0.1) is 16.1 Å². The van der Waals surface area contributed by atoms with Crippen LogP contribution in [-0.4, -0.2) is 23.7 Å². The molecule has 1 aromatic heterocycles. The Morgan fingerprint density at radius 3 is 2.32 bits per heavy atom. The number of fused-ring (bicyclic) bond motifs is 3. The first kappa shape index (κ1) is 19.5. The summed E-state index contributed by atoms with van der Waals surface area (Å²) in [6.45, 7) is 1.31. The summed E-state index contributed by atoms with van der Waals surface area (Å²) in [6.07, 6.45) is 0. The maximum Gasteiger partial charge on any atom is 0.240 e. The predicted octanol–water partition coefficient (Wildman–Crippen LogP) is 3.90. The molecule has 3 aromatic carbocycles. The van der Waals surface area contributed by atoms with Crippen molar-refractivity contribution in [2.24, 2.45) is 0 Å². The van der Waals surface area contributed by atoms with Gasteiger partial charge in [-0.25, -0.2) is 0 Å². The summed E-state index contributed by atoms with van der Waals surface area (Å²) in [5.41, 5.74) is 2.23. The van der Waals surface area contributed by atoms with E-state index in [2.05, 4.69) is 5.32 Å². The first-order valence-corrected chi connectivity index (χ1v) is 10.3.